The van der Waals surface area contributed by atoms with Gasteiger partial charge in [0.15, 0.2) is 0 Å². The highest BCUT2D eigenvalue weighted by atomic mass is 32.2. The van der Waals surface area contributed by atoms with Crippen LogP contribution in [-0.4, -0.2) is 37.9 Å². The zero-order valence-corrected chi connectivity index (χ0v) is 14.2. The van der Waals surface area contributed by atoms with Crippen LogP contribution in [0, 0.1) is 0 Å². The van der Waals surface area contributed by atoms with E-state index < -0.39 is 10.8 Å². The van der Waals surface area contributed by atoms with Crippen LogP contribution in [0.5, 0.6) is 0 Å². The van der Waals surface area contributed by atoms with Crippen molar-refractivity contribution in [2.24, 2.45) is 7.05 Å². The molecule has 0 aliphatic carbocycles. The number of aryl methyl sites for hydroxylation is 1. The maximum Gasteiger partial charge on any atom is 0.243 e. The molecular formula is C16H20N4O2S. The molecule has 1 aliphatic rings. The molecule has 122 valence electrons. The van der Waals surface area contributed by atoms with Gasteiger partial charge >= 0.3 is 0 Å². The number of nitrogens with one attached hydrogen (secondary N) is 2. The van der Waals surface area contributed by atoms with Crippen molar-refractivity contribution in [3.63, 3.8) is 0 Å². The molecule has 2 heterocycles. The fourth-order valence-corrected chi connectivity index (χ4v) is 3.52. The monoisotopic (exact) mass is 332 g/mol. The number of imidazole rings is 1. The first-order chi connectivity index (χ1) is 10.9. The molecule has 1 aliphatic heterocycles. The number of nitrogens with zero attached hydrogens (tertiary/aromatic N) is 2. The highest BCUT2D eigenvalue weighted by Gasteiger charge is 2.37. The van der Waals surface area contributed by atoms with Gasteiger partial charge in [0.25, 0.3) is 0 Å². The van der Waals surface area contributed by atoms with Crippen molar-refractivity contribution in [1.82, 2.24) is 20.2 Å². The summed E-state index contributed by atoms with van der Waals surface area (Å²) >= 11 is 1.50. The quantitative estimate of drug-likeness (QED) is 0.885. The molecule has 1 aromatic carbocycles. The standard InChI is InChI=1S/C16H20N4O2S/c1-16(2)15(22)19-11(9-23-16)14(21)17-8-13-18-10-6-4-5-7-12(10)20(13)3/h4-7,11H,8-9H2,1-3H3,(H,17,21)(H,19,22)/t11-/m1/s1. The Morgan fingerprint density at radius 3 is 2.91 bits per heavy atom. The summed E-state index contributed by atoms with van der Waals surface area (Å²) in [6, 6.07) is 7.35. The minimum absolute atomic E-state index is 0.100. The van der Waals surface area contributed by atoms with Crippen molar-refractivity contribution in [2.45, 2.75) is 31.2 Å². The number of benzene rings is 1. The lowest BCUT2D eigenvalue weighted by atomic mass is 10.1. The Morgan fingerprint density at radius 1 is 1.48 bits per heavy atom. The fourth-order valence-electron chi connectivity index (χ4n) is 2.52. The van der Waals surface area contributed by atoms with Gasteiger partial charge in [0.05, 0.1) is 22.3 Å². The summed E-state index contributed by atoms with van der Waals surface area (Å²) in [7, 11) is 1.93. The van der Waals surface area contributed by atoms with Gasteiger partial charge in [-0.25, -0.2) is 4.98 Å². The lowest BCUT2D eigenvalue weighted by molar-refractivity contribution is -0.129. The van der Waals surface area contributed by atoms with E-state index in [1.165, 1.54) is 11.8 Å². The van der Waals surface area contributed by atoms with Gasteiger partial charge in [-0.1, -0.05) is 12.1 Å². The van der Waals surface area contributed by atoms with Gasteiger partial charge in [-0.3, -0.25) is 9.59 Å². The predicted molar refractivity (Wildman–Crippen MR) is 91.0 cm³/mol. The summed E-state index contributed by atoms with van der Waals surface area (Å²) in [4.78, 5) is 28.7. The van der Waals surface area contributed by atoms with Crippen LogP contribution in [0.3, 0.4) is 0 Å². The van der Waals surface area contributed by atoms with Gasteiger partial charge in [-0.15, -0.1) is 11.8 Å². The zero-order chi connectivity index (χ0) is 16.6. The molecule has 3 rings (SSSR count). The van der Waals surface area contributed by atoms with E-state index in [9.17, 15) is 9.59 Å². The molecule has 2 N–H and O–H groups in total. The first-order valence-electron chi connectivity index (χ1n) is 7.51. The highest BCUT2D eigenvalue weighted by molar-refractivity contribution is 8.01. The Morgan fingerprint density at radius 2 is 2.22 bits per heavy atom. The Bertz CT molecular complexity index is 769. The first-order valence-corrected chi connectivity index (χ1v) is 8.50. The second kappa shape index (κ2) is 5.88. The number of aromatic nitrogens is 2. The zero-order valence-electron chi connectivity index (χ0n) is 13.4. The third kappa shape index (κ3) is 3.06. The lowest BCUT2D eigenvalue weighted by Crippen LogP contribution is -2.57. The molecule has 1 aromatic heterocycles. The molecule has 1 fully saturated rings. The number of amides is 2. The topological polar surface area (TPSA) is 76.0 Å². The minimum Gasteiger partial charge on any atom is -0.347 e. The van der Waals surface area contributed by atoms with Crippen molar-refractivity contribution in [2.75, 3.05) is 5.75 Å². The van der Waals surface area contributed by atoms with Crippen molar-refractivity contribution >= 4 is 34.6 Å². The Labute approximate surface area is 139 Å². The number of fused-ring (bicyclic) bond motifs is 1. The summed E-state index contributed by atoms with van der Waals surface area (Å²) in [5, 5.41) is 5.65. The van der Waals surface area contributed by atoms with Crippen LogP contribution in [0.25, 0.3) is 11.0 Å². The Balaban J connectivity index is 1.65. The van der Waals surface area contributed by atoms with E-state index in [4.69, 9.17) is 0 Å². The number of hydrogen-bond donors (Lipinski definition) is 2. The second-order valence-corrected chi connectivity index (χ2v) is 7.78. The molecule has 0 bridgehead atoms. The number of carbonyl (C=O) groups is 2. The molecule has 0 saturated carbocycles. The molecular weight excluding hydrogens is 312 g/mol. The lowest BCUT2D eigenvalue weighted by Gasteiger charge is -2.32. The average Bonchev–Trinajstić information content (AvgIpc) is 2.84. The Hall–Kier alpha value is -2.02. The average molecular weight is 332 g/mol. The molecule has 6 nitrogen and oxygen atoms in total. The fraction of sp³-hybridized carbons (Fsp3) is 0.438. The minimum atomic E-state index is -0.491. The predicted octanol–water partition coefficient (Wildman–Crippen LogP) is 1.20. The Kier molecular flexibility index (Phi) is 4.06. The highest BCUT2D eigenvalue weighted by Crippen LogP contribution is 2.29. The molecule has 0 spiro atoms. The summed E-state index contributed by atoms with van der Waals surface area (Å²) in [5.41, 5.74) is 1.93. The smallest absolute Gasteiger partial charge is 0.243 e. The van der Waals surface area contributed by atoms with Gasteiger partial charge in [0.2, 0.25) is 11.8 Å². The van der Waals surface area contributed by atoms with Gasteiger partial charge < -0.3 is 15.2 Å². The summed E-state index contributed by atoms with van der Waals surface area (Å²) in [5.74, 6) is 1.09. The number of rotatable bonds is 3. The maximum atomic E-state index is 12.3. The summed E-state index contributed by atoms with van der Waals surface area (Å²) < 4.78 is 1.49. The SMILES string of the molecule is Cn1c(CNC(=O)[C@H]2CSC(C)(C)C(=O)N2)nc2ccccc21. The third-order valence-electron chi connectivity index (χ3n) is 4.08. The van der Waals surface area contributed by atoms with E-state index in [1.807, 2.05) is 49.7 Å². The second-order valence-electron chi connectivity index (χ2n) is 6.14. The maximum absolute atomic E-state index is 12.3. The van der Waals surface area contributed by atoms with Crippen LogP contribution < -0.4 is 10.6 Å². The van der Waals surface area contributed by atoms with Crippen molar-refractivity contribution in [3.8, 4) is 0 Å². The third-order valence-corrected chi connectivity index (χ3v) is 5.49. The van der Waals surface area contributed by atoms with E-state index in [0.717, 1.165) is 16.9 Å². The van der Waals surface area contributed by atoms with Crippen LogP contribution in [0.1, 0.15) is 19.7 Å². The van der Waals surface area contributed by atoms with Crippen molar-refractivity contribution < 1.29 is 9.59 Å². The first kappa shape index (κ1) is 15.9. The normalized spacial score (nSPS) is 20.3. The van der Waals surface area contributed by atoms with Crippen LogP contribution >= 0.6 is 11.8 Å². The van der Waals surface area contributed by atoms with Crippen LogP contribution in [0.15, 0.2) is 24.3 Å². The number of carbonyl (C=O) groups excluding carboxylic acids is 2. The number of hydrogen-bond acceptors (Lipinski definition) is 4. The molecule has 7 heteroatoms. The summed E-state index contributed by atoms with van der Waals surface area (Å²) in [6.07, 6.45) is 0. The molecule has 2 amide bonds. The van der Waals surface area contributed by atoms with E-state index >= 15 is 0 Å². The summed E-state index contributed by atoms with van der Waals surface area (Å²) in [6.45, 7) is 4.06. The van der Waals surface area contributed by atoms with Crippen LogP contribution in [0.2, 0.25) is 0 Å². The molecule has 1 atom stereocenters. The molecule has 2 aromatic rings. The van der Waals surface area contributed by atoms with E-state index in [2.05, 4.69) is 15.6 Å². The largest absolute Gasteiger partial charge is 0.347 e. The van der Waals surface area contributed by atoms with Crippen molar-refractivity contribution in [3.05, 3.63) is 30.1 Å². The molecule has 0 unspecified atom stereocenters. The van der Waals surface area contributed by atoms with Gasteiger partial charge in [-0.2, -0.15) is 0 Å². The molecule has 1 saturated heterocycles. The van der Waals surface area contributed by atoms with E-state index in [1.54, 1.807) is 0 Å². The number of thioether (sulfide) groups is 1. The van der Waals surface area contributed by atoms with E-state index in [-0.39, 0.29) is 11.8 Å². The molecule has 23 heavy (non-hydrogen) atoms. The molecule has 0 radical (unpaired) electrons. The van der Waals surface area contributed by atoms with Crippen LogP contribution in [-0.2, 0) is 23.2 Å². The number of para-hydroxylation sites is 2. The van der Waals surface area contributed by atoms with Crippen molar-refractivity contribution in [1.29, 1.82) is 0 Å². The van der Waals surface area contributed by atoms with Gasteiger partial charge in [0, 0.05) is 12.8 Å². The van der Waals surface area contributed by atoms with E-state index in [0.29, 0.717) is 12.3 Å². The van der Waals surface area contributed by atoms with Crippen LogP contribution in [0.4, 0.5) is 0 Å². The van der Waals surface area contributed by atoms with Gasteiger partial charge in [0.1, 0.15) is 11.9 Å². The van der Waals surface area contributed by atoms with Gasteiger partial charge in [-0.05, 0) is 26.0 Å².